The van der Waals surface area contributed by atoms with Crippen molar-refractivity contribution in [3.05, 3.63) is 90.8 Å². The zero-order valence-corrected chi connectivity index (χ0v) is 17.5. The van der Waals surface area contributed by atoms with E-state index in [0.29, 0.717) is 23.9 Å². The van der Waals surface area contributed by atoms with Gasteiger partial charge >= 0.3 is 5.97 Å². The lowest BCUT2D eigenvalue weighted by Crippen LogP contribution is -2.32. The fourth-order valence-electron chi connectivity index (χ4n) is 3.19. The lowest BCUT2D eigenvalue weighted by Gasteiger charge is -2.19. The number of carboxylic acids is 1. The Bertz CT molecular complexity index is 1190. The van der Waals surface area contributed by atoms with Crippen LogP contribution in [-0.2, 0) is 11.2 Å². The maximum atomic E-state index is 11.8. The predicted octanol–water partition coefficient (Wildman–Crippen LogP) is 3.81. The first-order valence-electron chi connectivity index (χ1n) is 10.1. The second-order valence-corrected chi connectivity index (χ2v) is 7.13. The number of aliphatic carboxylic acids is 1. The molecule has 0 saturated carbocycles. The largest absolute Gasteiger partial charge is 0.480 e. The van der Waals surface area contributed by atoms with E-state index in [1.807, 2.05) is 67.7 Å². The Morgan fingerprint density at radius 2 is 1.53 bits per heavy atom. The molecule has 0 aliphatic carbocycles. The van der Waals surface area contributed by atoms with Crippen molar-refractivity contribution in [3.63, 3.8) is 0 Å². The van der Waals surface area contributed by atoms with Crippen LogP contribution in [0.2, 0.25) is 0 Å². The second kappa shape index (κ2) is 9.65. The first-order valence-corrected chi connectivity index (χ1v) is 10.1. The van der Waals surface area contributed by atoms with Gasteiger partial charge in [-0.3, -0.25) is 0 Å². The lowest BCUT2D eigenvalue weighted by molar-refractivity contribution is -0.137. The van der Waals surface area contributed by atoms with Crippen LogP contribution in [0.1, 0.15) is 5.56 Å². The summed E-state index contributed by atoms with van der Waals surface area (Å²) in [7, 11) is 1.84. The minimum atomic E-state index is -0.973. The fourth-order valence-corrected chi connectivity index (χ4v) is 3.19. The minimum Gasteiger partial charge on any atom is -0.480 e. The molecule has 2 aromatic heterocycles. The van der Waals surface area contributed by atoms with Crippen molar-refractivity contribution in [2.75, 3.05) is 17.3 Å². The molecule has 8 heteroatoms. The molecule has 0 radical (unpaired) electrons. The van der Waals surface area contributed by atoms with Crippen LogP contribution in [0.25, 0.3) is 11.4 Å². The molecule has 32 heavy (non-hydrogen) atoms. The molecular formula is C24H22N6O2. The normalized spacial score (nSPS) is 11.5. The molecule has 1 atom stereocenters. The molecule has 0 amide bonds. The van der Waals surface area contributed by atoms with E-state index in [1.165, 1.54) is 0 Å². The summed E-state index contributed by atoms with van der Waals surface area (Å²) in [6, 6.07) is 21.8. The van der Waals surface area contributed by atoms with Crippen molar-refractivity contribution < 1.29 is 9.90 Å². The van der Waals surface area contributed by atoms with Crippen LogP contribution in [0.15, 0.2) is 85.2 Å². The Balaban J connectivity index is 1.54. The summed E-state index contributed by atoms with van der Waals surface area (Å²) < 4.78 is 0. The summed E-state index contributed by atoms with van der Waals surface area (Å²) >= 11 is 0. The summed E-state index contributed by atoms with van der Waals surface area (Å²) in [6.07, 6.45) is 3.59. The van der Waals surface area contributed by atoms with Crippen LogP contribution in [0.4, 0.5) is 17.6 Å². The van der Waals surface area contributed by atoms with Crippen LogP contribution in [0, 0.1) is 0 Å². The molecule has 8 nitrogen and oxygen atoms in total. The van der Waals surface area contributed by atoms with Crippen molar-refractivity contribution in [3.8, 4) is 11.4 Å². The van der Waals surface area contributed by atoms with Gasteiger partial charge in [0.05, 0.1) is 0 Å². The number of hydrogen-bond donors (Lipinski definition) is 2. The van der Waals surface area contributed by atoms with E-state index in [-0.39, 0.29) is 5.95 Å². The summed E-state index contributed by atoms with van der Waals surface area (Å²) in [4.78, 5) is 31.3. The highest BCUT2D eigenvalue weighted by Crippen LogP contribution is 2.23. The Morgan fingerprint density at radius 1 is 0.906 bits per heavy atom. The number of carboxylic acid groups (broad SMARTS) is 1. The van der Waals surface area contributed by atoms with Gasteiger partial charge < -0.3 is 15.3 Å². The maximum Gasteiger partial charge on any atom is 0.326 e. The van der Waals surface area contributed by atoms with Crippen LogP contribution >= 0.6 is 0 Å². The van der Waals surface area contributed by atoms with Crippen LogP contribution in [0.5, 0.6) is 0 Å². The van der Waals surface area contributed by atoms with E-state index in [9.17, 15) is 9.90 Å². The highest BCUT2D eigenvalue weighted by Gasteiger charge is 2.19. The lowest BCUT2D eigenvalue weighted by atomic mass is 10.1. The standard InChI is InChI=1S/C24H22N6O2/c1-30(20-12-14-25-22(28-20)18-10-6-3-7-11-18)21-13-15-26-24(29-21)27-19(23(31)32)16-17-8-4-2-5-9-17/h2-15,19H,16H2,1H3,(H,31,32)(H,26,27,29)/t19-/m0/s1. The van der Waals surface area contributed by atoms with Crippen LogP contribution in [-0.4, -0.2) is 44.1 Å². The van der Waals surface area contributed by atoms with Crippen molar-refractivity contribution in [2.24, 2.45) is 0 Å². The van der Waals surface area contributed by atoms with Gasteiger partial charge in [-0.05, 0) is 17.7 Å². The number of aromatic nitrogens is 4. The smallest absolute Gasteiger partial charge is 0.326 e. The fraction of sp³-hybridized carbons (Fsp3) is 0.125. The molecule has 0 fully saturated rings. The third-order valence-corrected chi connectivity index (χ3v) is 4.89. The molecular weight excluding hydrogens is 404 g/mol. The summed E-state index contributed by atoms with van der Waals surface area (Å²) in [5.74, 6) is 1.09. The van der Waals surface area contributed by atoms with E-state index in [4.69, 9.17) is 0 Å². The number of anilines is 3. The Kier molecular flexibility index (Phi) is 6.31. The van der Waals surface area contributed by atoms with Gasteiger partial charge in [0.1, 0.15) is 17.7 Å². The molecule has 0 aliphatic rings. The third-order valence-electron chi connectivity index (χ3n) is 4.89. The van der Waals surface area contributed by atoms with Gasteiger partial charge in [0.15, 0.2) is 5.82 Å². The molecule has 0 unspecified atom stereocenters. The highest BCUT2D eigenvalue weighted by atomic mass is 16.4. The van der Waals surface area contributed by atoms with E-state index in [2.05, 4.69) is 25.3 Å². The van der Waals surface area contributed by atoms with Gasteiger partial charge in [0.25, 0.3) is 0 Å². The number of carbonyl (C=O) groups is 1. The maximum absolute atomic E-state index is 11.8. The zero-order valence-electron chi connectivity index (χ0n) is 17.5. The van der Waals surface area contributed by atoms with E-state index in [1.54, 1.807) is 29.4 Å². The molecule has 2 aromatic carbocycles. The van der Waals surface area contributed by atoms with Crippen molar-refractivity contribution in [2.45, 2.75) is 12.5 Å². The second-order valence-electron chi connectivity index (χ2n) is 7.13. The van der Waals surface area contributed by atoms with Gasteiger partial charge in [-0.1, -0.05) is 60.7 Å². The molecule has 2 heterocycles. The third kappa shape index (κ3) is 5.04. The molecule has 2 N–H and O–H groups in total. The number of hydrogen-bond acceptors (Lipinski definition) is 7. The first-order chi connectivity index (χ1) is 15.6. The summed E-state index contributed by atoms with van der Waals surface area (Å²) in [5, 5.41) is 12.6. The molecule has 0 saturated heterocycles. The van der Waals surface area contributed by atoms with Crippen molar-refractivity contribution >= 4 is 23.6 Å². The first kappa shape index (κ1) is 20.9. The monoisotopic (exact) mass is 426 g/mol. The average molecular weight is 426 g/mol. The van der Waals surface area contributed by atoms with Crippen LogP contribution < -0.4 is 10.2 Å². The van der Waals surface area contributed by atoms with E-state index < -0.39 is 12.0 Å². The Labute approximate surface area is 185 Å². The van der Waals surface area contributed by atoms with Crippen molar-refractivity contribution in [1.82, 2.24) is 19.9 Å². The number of rotatable bonds is 8. The topological polar surface area (TPSA) is 104 Å². The molecule has 0 spiro atoms. The summed E-state index contributed by atoms with van der Waals surface area (Å²) in [5.41, 5.74) is 1.83. The van der Waals surface area contributed by atoms with Gasteiger partial charge in [-0.25, -0.2) is 19.7 Å². The van der Waals surface area contributed by atoms with Gasteiger partial charge in [0, 0.05) is 31.4 Å². The van der Waals surface area contributed by atoms with Gasteiger partial charge in [0.2, 0.25) is 5.95 Å². The zero-order chi connectivity index (χ0) is 22.3. The van der Waals surface area contributed by atoms with Gasteiger partial charge in [-0.2, -0.15) is 4.98 Å². The highest BCUT2D eigenvalue weighted by molar-refractivity contribution is 5.77. The average Bonchev–Trinajstić information content (AvgIpc) is 2.84. The quantitative estimate of drug-likeness (QED) is 0.438. The molecule has 4 rings (SSSR count). The number of nitrogens with zero attached hydrogens (tertiary/aromatic N) is 5. The van der Waals surface area contributed by atoms with Gasteiger partial charge in [-0.15, -0.1) is 0 Å². The Morgan fingerprint density at radius 3 is 2.22 bits per heavy atom. The molecule has 4 aromatic rings. The van der Waals surface area contributed by atoms with Crippen LogP contribution in [0.3, 0.4) is 0 Å². The predicted molar refractivity (Wildman–Crippen MR) is 123 cm³/mol. The van der Waals surface area contributed by atoms with Crippen molar-refractivity contribution in [1.29, 1.82) is 0 Å². The number of benzene rings is 2. The van der Waals surface area contributed by atoms with E-state index in [0.717, 1.165) is 11.1 Å². The van der Waals surface area contributed by atoms with E-state index >= 15 is 0 Å². The Hall–Kier alpha value is -4.33. The molecule has 0 aliphatic heterocycles. The number of nitrogens with one attached hydrogen (secondary N) is 1. The minimum absolute atomic E-state index is 0.232. The summed E-state index contributed by atoms with van der Waals surface area (Å²) in [6.45, 7) is 0. The molecule has 160 valence electrons. The molecule has 0 bridgehead atoms. The SMILES string of the molecule is CN(c1ccnc(N[C@@H](Cc2ccccc2)C(=O)O)n1)c1ccnc(-c2ccccc2)n1.